The highest BCUT2D eigenvalue weighted by atomic mass is 16.5. The number of carbonyl (C=O) groups is 2. The van der Waals surface area contributed by atoms with Crippen molar-refractivity contribution in [2.45, 2.75) is 39.8 Å². The van der Waals surface area contributed by atoms with Crippen LogP contribution in [0, 0.1) is 5.92 Å². The summed E-state index contributed by atoms with van der Waals surface area (Å²) in [5.74, 6) is 0.0820. The maximum atomic E-state index is 12.4. The number of anilines is 1. The molecule has 6 heteroatoms. The molecule has 0 saturated carbocycles. The van der Waals surface area contributed by atoms with Crippen molar-refractivity contribution in [1.29, 1.82) is 0 Å². The molecule has 1 aliphatic heterocycles. The molecule has 1 fully saturated rings. The zero-order chi connectivity index (χ0) is 18.4. The van der Waals surface area contributed by atoms with E-state index in [1.54, 1.807) is 18.2 Å². The lowest BCUT2D eigenvalue weighted by Crippen LogP contribution is -2.50. The molecule has 6 nitrogen and oxygen atoms in total. The average Bonchev–Trinajstić information content (AvgIpc) is 2.56. The topological polar surface area (TPSA) is 70.7 Å². The van der Waals surface area contributed by atoms with E-state index in [1.807, 2.05) is 33.8 Å². The van der Waals surface area contributed by atoms with E-state index in [0.717, 1.165) is 6.54 Å². The van der Waals surface area contributed by atoms with E-state index in [4.69, 9.17) is 4.74 Å². The molecule has 0 radical (unpaired) electrons. The van der Waals surface area contributed by atoms with Gasteiger partial charge in [-0.3, -0.25) is 14.5 Å². The molecule has 2 rings (SSSR count). The minimum absolute atomic E-state index is 0.120. The second-order valence-electron chi connectivity index (χ2n) is 7.12. The number of amides is 2. The van der Waals surface area contributed by atoms with E-state index in [-0.39, 0.29) is 30.5 Å². The molecule has 2 amide bonds. The summed E-state index contributed by atoms with van der Waals surface area (Å²) in [5, 5.41) is 5.77. The summed E-state index contributed by atoms with van der Waals surface area (Å²) in [7, 11) is 0. The van der Waals surface area contributed by atoms with Gasteiger partial charge in [0.05, 0.1) is 30.5 Å². The number of hydrogen-bond donors (Lipinski definition) is 2. The predicted octanol–water partition coefficient (Wildman–Crippen LogP) is 2.12. The molecule has 1 aromatic rings. The van der Waals surface area contributed by atoms with Crippen LogP contribution in [0.25, 0.3) is 0 Å². The van der Waals surface area contributed by atoms with E-state index in [0.29, 0.717) is 30.3 Å². The van der Waals surface area contributed by atoms with Crippen LogP contribution < -0.4 is 10.6 Å². The molecule has 0 spiro atoms. The Balaban J connectivity index is 1.99. The van der Waals surface area contributed by atoms with Crippen molar-refractivity contribution >= 4 is 17.5 Å². The van der Waals surface area contributed by atoms with Crippen molar-refractivity contribution < 1.29 is 14.3 Å². The van der Waals surface area contributed by atoms with Gasteiger partial charge < -0.3 is 15.4 Å². The first-order valence-corrected chi connectivity index (χ1v) is 8.89. The van der Waals surface area contributed by atoms with Crippen LogP contribution in [0.2, 0.25) is 0 Å². The second-order valence-corrected chi connectivity index (χ2v) is 7.12. The van der Waals surface area contributed by atoms with E-state index in [1.165, 1.54) is 0 Å². The molecule has 1 aromatic carbocycles. The van der Waals surface area contributed by atoms with Crippen molar-refractivity contribution in [3.05, 3.63) is 29.8 Å². The fraction of sp³-hybridized carbons (Fsp3) is 0.579. The highest BCUT2D eigenvalue weighted by molar-refractivity contribution is 6.04. The number of para-hydroxylation sites is 1. The largest absolute Gasteiger partial charge is 0.376 e. The van der Waals surface area contributed by atoms with Gasteiger partial charge in [-0.15, -0.1) is 0 Å². The van der Waals surface area contributed by atoms with Crippen LogP contribution in [0.1, 0.15) is 38.1 Å². The van der Waals surface area contributed by atoms with Crippen LogP contribution in [0.15, 0.2) is 24.3 Å². The summed E-state index contributed by atoms with van der Waals surface area (Å²) >= 11 is 0. The predicted molar refractivity (Wildman–Crippen MR) is 98.7 cm³/mol. The van der Waals surface area contributed by atoms with Crippen LogP contribution in [-0.4, -0.2) is 55.1 Å². The molecule has 2 unspecified atom stereocenters. The minimum Gasteiger partial charge on any atom is -0.376 e. The van der Waals surface area contributed by atoms with E-state index < -0.39 is 0 Å². The van der Waals surface area contributed by atoms with Gasteiger partial charge in [0.15, 0.2) is 0 Å². The van der Waals surface area contributed by atoms with Gasteiger partial charge in [-0.05, 0) is 31.9 Å². The first-order chi connectivity index (χ1) is 11.9. The first kappa shape index (κ1) is 19.4. The normalized spacial score (nSPS) is 21.2. The van der Waals surface area contributed by atoms with Gasteiger partial charge in [-0.25, -0.2) is 0 Å². The van der Waals surface area contributed by atoms with Gasteiger partial charge in [-0.2, -0.15) is 0 Å². The van der Waals surface area contributed by atoms with E-state index >= 15 is 0 Å². The lowest BCUT2D eigenvalue weighted by molar-refractivity contribution is -0.121. The quantitative estimate of drug-likeness (QED) is 0.827. The molecule has 138 valence electrons. The molecule has 0 aliphatic carbocycles. The second kappa shape index (κ2) is 8.97. The highest BCUT2D eigenvalue weighted by Crippen LogP contribution is 2.16. The molecule has 1 aliphatic rings. The Morgan fingerprint density at radius 1 is 1.28 bits per heavy atom. The average molecular weight is 347 g/mol. The minimum atomic E-state index is -0.169. The van der Waals surface area contributed by atoms with Crippen molar-refractivity contribution in [2.75, 3.05) is 31.6 Å². The summed E-state index contributed by atoms with van der Waals surface area (Å²) in [6.07, 6.45) is 0.123. The fourth-order valence-corrected chi connectivity index (χ4v) is 2.75. The summed E-state index contributed by atoms with van der Waals surface area (Å²) in [4.78, 5) is 26.9. The van der Waals surface area contributed by atoms with Gasteiger partial charge in [0.1, 0.15) is 0 Å². The zero-order valence-electron chi connectivity index (χ0n) is 15.5. The number of ether oxygens (including phenoxy) is 1. The van der Waals surface area contributed by atoms with Gasteiger partial charge in [0, 0.05) is 19.1 Å². The molecular formula is C19H29N3O3. The number of morpholine rings is 1. The lowest BCUT2D eigenvalue weighted by Gasteiger charge is -2.36. The van der Waals surface area contributed by atoms with Gasteiger partial charge in [0.2, 0.25) is 5.91 Å². The maximum absolute atomic E-state index is 12.4. The standard InChI is InChI=1S/C19H29N3O3/c1-13(2)9-20-19(24)16-7-5-6-8-17(16)21-18(23)11-22-10-15(4)25-12-14(22)3/h5-8,13-15H,9-12H2,1-4H3,(H,20,24)(H,21,23). The SMILES string of the molecule is CC(C)CNC(=O)c1ccccc1NC(=O)CN1CC(C)OCC1C. The Morgan fingerprint density at radius 2 is 2.00 bits per heavy atom. The Labute approximate surface area is 149 Å². The fourth-order valence-electron chi connectivity index (χ4n) is 2.75. The van der Waals surface area contributed by atoms with Gasteiger partial charge >= 0.3 is 0 Å². The van der Waals surface area contributed by atoms with Gasteiger partial charge in [0.25, 0.3) is 5.91 Å². The molecule has 0 bridgehead atoms. The summed E-state index contributed by atoms with van der Waals surface area (Å²) < 4.78 is 5.59. The smallest absolute Gasteiger partial charge is 0.253 e. The maximum Gasteiger partial charge on any atom is 0.253 e. The molecule has 2 N–H and O–H groups in total. The Morgan fingerprint density at radius 3 is 2.72 bits per heavy atom. The van der Waals surface area contributed by atoms with Crippen LogP contribution in [-0.2, 0) is 9.53 Å². The number of hydrogen-bond acceptors (Lipinski definition) is 4. The highest BCUT2D eigenvalue weighted by Gasteiger charge is 2.25. The van der Waals surface area contributed by atoms with Crippen molar-refractivity contribution in [3.63, 3.8) is 0 Å². The van der Waals surface area contributed by atoms with Crippen LogP contribution >= 0.6 is 0 Å². The lowest BCUT2D eigenvalue weighted by atomic mass is 10.1. The molecule has 0 aromatic heterocycles. The number of rotatable bonds is 6. The monoisotopic (exact) mass is 347 g/mol. The van der Waals surface area contributed by atoms with Crippen LogP contribution in [0.3, 0.4) is 0 Å². The Kier molecular flexibility index (Phi) is 6.96. The molecule has 1 saturated heterocycles. The first-order valence-electron chi connectivity index (χ1n) is 8.89. The molecule has 1 heterocycles. The van der Waals surface area contributed by atoms with Crippen LogP contribution in [0.5, 0.6) is 0 Å². The molecule has 25 heavy (non-hydrogen) atoms. The number of nitrogens with one attached hydrogen (secondary N) is 2. The Hall–Kier alpha value is -1.92. The number of nitrogens with zero attached hydrogens (tertiary/aromatic N) is 1. The van der Waals surface area contributed by atoms with Crippen molar-refractivity contribution in [1.82, 2.24) is 10.2 Å². The summed E-state index contributed by atoms with van der Waals surface area (Å²) in [6, 6.07) is 7.30. The third-order valence-electron chi connectivity index (χ3n) is 4.20. The summed E-state index contributed by atoms with van der Waals surface area (Å²) in [6.45, 7) is 10.4. The third-order valence-corrected chi connectivity index (χ3v) is 4.20. The molecule has 2 atom stereocenters. The van der Waals surface area contributed by atoms with Gasteiger partial charge in [-0.1, -0.05) is 26.0 Å². The van der Waals surface area contributed by atoms with E-state index in [2.05, 4.69) is 15.5 Å². The number of benzene rings is 1. The number of carbonyl (C=O) groups excluding carboxylic acids is 2. The summed E-state index contributed by atoms with van der Waals surface area (Å²) in [5.41, 5.74) is 1.03. The molecular weight excluding hydrogens is 318 g/mol. The van der Waals surface area contributed by atoms with Crippen LogP contribution in [0.4, 0.5) is 5.69 Å². The van der Waals surface area contributed by atoms with E-state index in [9.17, 15) is 9.59 Å². The zero-order valence-corrected chi connectivity index (χ0v) is 15.5. The Bertz CT molecular complexity index is 603. The van der Waals surface area contributed by atoms with Crippen molar-refractivity contribution in [3.8, 4) is 0 Å². The third kappa shape index (κ3) is 5.83. The van der Waals surface area contributed by atoms with Crippen molar-refractivity contribution in [2.24, 2.45) is 5.92 Å².